The Labute approximate surface area is 124 Å². The van der Waals surface area contributed by atoms with Crippen LogP contribution in [0.15, 0.2) is 17.1 Å². The Morgan fingerprint density at radius 3 is 2.95 bits per heavy atom. The third-order valence-electron chi connectivity index (χ3n) is 3.93. The molecule has 1 saturated heterocycles. The lowest BCUT2D eigenvalue weighted by Crippen LogP contribution is -2.41. The van der Waals surface area contributed by atoms with Crippen LogP contribution in [0.4, 0.5) is 0 Å². The van der Waals surface area contributed by atoms with Crippen molar-refractivity contribution in [1.82, 2.24) is 29.9 Å². The minimum atomic E-state index is 0.276. The van der Waals surface area contributed by atoms with E-state index in [0.717, 1.165) is 25.5 Å². The molecule has 1 atom stereocenters. The molecular formula is C14H22N6O. The number of rotatable bonds is 5. The van der Waals surface area contributed by atoms with Gasteiger partial charge < -0.3 is 4.42 Å². The maximum Gasteiger partial charge on any atom is 0.230 e. The lowest BCUT2D eigenvalue weighted by atomic mass is 10.0. The second-order valence-electron chi connectivity index (χ2n) is 5.93. The van der Waals surface area contributed by atoms with Crippen LogP contribution < -0.4 is 0 Å². The maximum atomic E-state index is 5.73. The van der Waals surface area contributed by atoms with Gasteiger partial charge in [0.25, 0.3) is 0 Å². The van der Waals surface area contributed by atoms with Gasteiger partial charge in [0.05, 0.1) is 13.1 Å². The van der Waals surface area contributed by atoms with Crippen LogP contribution in [0.3, 0.4) is 0 Å². The van der Waals surface area contributed by atoms with Gasteiger partial charge in [-0.15, -0.1) is 10.2 Å². The minimum absolute atomic E-state index is 0.276. The van der Waals surface area contributed by atoms with Gasteiger partial charge in [0, 0.05) is 12.0 Å². The Kier molecular flexibility index (Phi) is 4.28. The Bertz CT molecular complexity index is 550. The Morgan fingerprint density at radius 1 is 1.33 bits per heavy atom. The smallest absolute Gasteiger partial charge is 0.230 e. The molecule has 3 heterocycles. The molecule has 0 spiro atoms. The lowest BCUT2D eigenvalue weighted by Gasteiger charge is -2.34. The molecule has 21 heavy (non-hydrogen) atoms. The molecule has 7 heteroatoms. The van der Waals surface area contributed by atoms with E-state index in [-0.39, 0.29) is 5.92 Å². The predicted octanol–water partition coefficient (Wildman–Crippen LogP) is 1.84. The van der Waals surface area contributed by atoms with Crippen molar-refractivity contribution in [2.24, 2.45) is 0 Å². The van der Waals surface area contributed by atoms with Gasteiger partial charge >= 0.3 is 0 Å². The van der Waals surface area contributed by atoms with Crippen molar-refractivity contribution in [2.75, 3.05) is 6.54 Å². The molecule has 2 aromatic rings. The van der Waals surface area contributed by atoms with Crippen LogP contribution in [0.5, 0.6) is 0 Å². The molecule has 0 bridgehead atoms. The highest BCUT2D eigenvalue weighted by atomic mass is 16.4. The average Bonchev–Trinajstić information content (AvgIpc) is 3.12. The van der Waals surface area contributed by atoms with Crippen LogP contribution in [0.2, 0.25) is 0 Å². The van der Waals surface area contributed by atoms with Crippen LogP contribution in [0, 0.1) is 0 Å². The summed E-state index contributed by atoms with van der Waals surface area (Å²) in [5.41, 5.74) is 0. The Morgan fingerprint density at radius 2 is 2.24 bits per heavy atom. The summed E-state index contributed by atoms with van der Waals surface area (Å²) in [6, 6.07) is 0.454. The van der Waals surface area contributed by atoms with E-state index in [1.165, 1.54) is 19.3 Å². The highest BCUT2D eigenvalue weighted by molar-refractivity contribution is 4.89. The van der Waals surface area contributed by atoms with Crippen LogP contribution in [0.1, 0.15) is 50.8 Å². The van der Waals surface area contributed by atoms with E-state index >= 15 is 0 Å². The third-order valence-corrected chi connectivity index (χ3v) is 3.93. The molecule has 0 saturated carbocycles. The largest absolute Gasteiger partial charge is 0.424 e. The molecule has 1 fully saturated rings. The summed E-state index contributed by atoms with van der Waals surface area (Å²) in [5.74, 6) is 1.71. The first-order valence-corrected chi connectivity index (χ1v) is 7.61. The van der Waals surface area contributed by atoms with E-state index in [1.807, 2.05) is 4.68 Å². The van der Waals surface area contributed by atoms with E-state index < -0.39 is 0 Å². The van der Waals surface area contributed by atoms with Gasteiger partial charge in [0.2, 0.25) is 11.8 Å². The summed E-state index contributed by atoms with van der Waals surface area (Å²) in [6.45, 7) is 6.78. The quantitative estimate of drug-likeness (QED) is 0.836. The van der Waals surface area contributed by atoms with E-state index in [2.05, 4.69) is 39.0 Å². The summed E-state index contributed by atoms with van der Waals surface area (Å²) in [4.78, 5) is 6.43. The SMILES string of the molecule is CC(C)c1nnc(CN2CCCCC2Cn2cncn2)o1. The van der Waals surface area contributed by atoms with Crippen molar-refractivity contribution < 1.29 is 4.42 Å². The van der Waals surface area contributed by atoms with Crippen molar-refractivity contribution in [3.05, 3.63) is 24.4 Å². The first kappa shape index (κ1) is 14.2. The predicted molar refractivity (Wildman–Crippen MR) is 76.5 cm³/mol. The second-order valence-corrected chi connectivity index (χ2v) is 5.93. The zero-order valence-electron chi connectivity index (χ0n) is 12.6. The summed E-state index contributed by atoms with van der Waals surface area (Å²) in [7, 11) is 0. The van der Waals surface area contributed by atoms with Gasteiger partial charge in [-0.3, -0.25) is 9.58 Å². The number of hydrogen-bond donors (Lipinski definition) is 0. The van der Waals surface area contributed by atoms with E-state index in [9.17, 15) is 0 Å². The molecule has 1 unspecified atom stereocenters. The number of piperidine rings is 1. The van der Waals surface area contributed by atoms with Gasteiger partial charge in [0.1, 0.15) is 12.7 Å². The summed E-state index contributed by atoms with van der Waals surface area (Å²) >= 11 is 0. The zero-order chi connectivity index (χ0) is 14.7. The van der Waals surface area contributed by atoms with E-state index in [1.54, 1.807) is 12.7 Å². The molecule has 0 N–H and O–H groups in total. The normalized spacial score (nSPS) is 20.2. The molecule has 0 radical (unpaired) electrons. The van der Waals surface area contributed by atoms with E-state index in [0.29, 0.717) is 11.9 Å². The van der Waals surface area contributed by atoms with Crippen molar-refractivity contribution in [3.8, 4) is 0 Å². The lowest BCUT2D eigenvalue weighted by molar-refractivity contribution is 0.110. The highest BCUT2D eigenvalue weighted by Crippen LogP contribution is 2.21. The molecule has 0 aliphatic carbocycles. The van der Waals surface area contributed by atoms with Crippen molar-refractivity contribution in [2.45, 2.75) is 58.2 Å². The third kappa shape index (κ3) is 3.47. The molecule has 7 nitrogen and oxygen atoms in total. The highest BCUT2D eigenvalue weighted by Gasteiger charge is 2.25. The number of aromatic nitrogens is 5. The molecule has 0 aromatic carbocycles. The van der Waals surface area contributed by atoms with Gasteiger partial charge in [-0.2, -0.15) is 5.10 Å². The van der Waals surface area contributed by atoms with E-state index in [4.69, 9.17) is 4.42 Å². The molecule has 114 valence electrons. The number of nitrogens with zero attached hydrogens (tertiary/aromatic N) is 6. The van der Waals surface area contributed by atoms with Gasteiger partial charge in [0.15, 0.2) is 0 Å². The Hall–Kier alpha value is -1.76. The fraction of sp³-hybridized carbons (Fsp3) is 0.714. The van der Waals surface area contributed by atoms with Crippen LogP contribution in [0.25, 0.3) is 0 Å². The molecule has 1 aliphatic rings. The summed E-state index contributed by atoms with van der Waals surface area (Å²) < 4.78 is 7.63. The monoisotopic (exact) mass is 290 g/mol. The average molecular weight is 290 g/mol. The fourth-order valence-corrected chi connectivity index (χ4v) is 2.76. The second kappa shape index (κ2) is 6.34. The molecule has 2 aromatic heterocycles. The fourth-order valence-electron chi connectivity index (χ4n) is 2.76. The molecule has 0 amide bonds. The Balaban J connectivity index is 1.65. The topological polar surface area (TPSA) is 72.9 Å². The molecule has 1 aliphatic heterocycles. The minimum Gasteiger partial charge on any atom is -0.424 e. The van der Waals surface area contributed by atoms with Crippen LogP contribution in [-0.4, -0.2) is 42.4 Å². The standard InChI is InChI=1S/C14H22N6O/c1-11(2)14-18-17-13(21-14)8-19-6-4-3-5-12(19)7-20-10-15-9-16-20/h9-12H,3-8H2,1-2H3. The first-order valence-electron chi connectivity index (χ1n) is 7.61. The molecule has 3 rings (SSSR count). The van der Waals surface area contributed by atoms with Gasteiger partial charge in [-0.05, 0) is 19.4 Å². The summed E-state index contributed by atoms with van der Waals surface area (Å²) in [6.07, 6.45) is 7.01. The number of likely N-dealkylation sites (tertiary alicyclic amines) is 1. The molecular weight excluding hydrogens is 268 g/mol. The first-order chi connectivity index (χ1) is 10.2. The zero-order valence-corrected chi connectivity index (χ0v) is 12.6. The van der Waals surface area contributed by atoms with Gasteiger partial charge in [-0.25, -0.2) is 4.98 Å². The van der Waals surface area contributed by atoms with Crippen LogP contribution in [-0.2, 0) is 13.1 Å². The number of hydrogen-bond acceptors (Lipinski definition) is 6. The van der Waals surface area contributed by atoms with Crippen molar-refractivity contribution in [3.63, 3.8) is 0 Å². The van der Waals surface area contributed by atoms with Crippen molar-refractivity contribution in [1.29, 1.82) is 0 Å². The van der Waals surface area contributed by atoms with Crippen LogP contribution >= 0.6 is 0 Å². The summed E-state index contributed by atoms with van der Waals surface area (Å²) in [5, 5.41) is 12.5. The maximum absolute atomic E-state index is 5.73. The van der Waals surface area contributed by atoms with Gasteiger partial charge in [-0.1, -0.05) is 20.3 Å². The van der Waals surface area contributed by atoms with Crippen molar-refractivity contribution >= 4 is 0 Å².